The number of hydrogen-bond acceptors (Lipinski definition) is 4. The zero-order valence-corrected chi connectivity index (χ0v) is 13.3. The molecular formula is C16H24N2OS. The van der Waals surface area contributed by atoms with Gasteiger partial charge in [0.25, 0.3) is 0 Å². The van der Waals surface area contributed by atoms with E-state index < -0.39 is 5.60 Å². The first-order valence-corrected chi connectivity index (χ1v) is 8.05. The number of nitrogens with zero attached hydrogens (tertiary/aromatic N) is 1. The van der Waals surface area contributed by atoms with E-state index in [1.165, 1.54) is 4.70 Å². The summed E-state index contributed by atoms with van der Waals surface area (Å²) in [5, 5.41) is 14.9. The number of nitrogens with one attached hydrogen (secondary N) is 1. The lowest BCUT2D eigenvalue weighted by molar-refractivity contribution is 0.0514. The molecule has 1 unspecified atom stereocenters. The first-order chi connectivity index (χ1) is 9.46. The molecule has 0 saturated heterocycles. The van der Waals surface area contributed by atoms with E-state index in [1.807, 2.05) is 25.1 Å². The minimum Gasteiger partial charge on any atom is -0.390 e. The summed E-state index contributed by atoms with van der Waals surface area (Å²) in [5.41, 5.74) is 0.332. The molecule has 2 N–H and O–H groups in total. The second kappa shape index (κ2) is 6.66. The van der Waals surface area contributed by atoms with Crippen LogP contribution in [0.25, 0.3) is 10.2 Å². The van der Waals surface area contributed by atoms with E-state index in [0.717, 1.165) is 30.0 Å². The minimum absolute atomic E-state index is 0.621. The lowest BCUT2D eigenvalue weighted by atomic mass is 9.98. The minimum atomic E-state index is -0.697. The van der Waals surface area contributed by atoms with Gasteiger partial charge in [0.15, 0.2) is 0 Å². The van der Waals surface area contributed by atoms with Crippen LogP contribution in [0.1, 0.15) is 32.2 Å². The molecule has 0 fully saturated rings. The van der Waals surface area contributed by atoms with Crippen LogP contribution in [0, 0.1) is 5.92 Å². The second-order valence-electron chi connectivity index (χ2n) is 6.10. The van der Waals surface area contributed by atoms with Gasteiger partial charge in [0.2, 0.25) is 0 Å². The molecule has 0 aliphatic carbocycles. The number of benzene rings is 1. The Morgan fingerprint density at radius 2 is 2.10 bits per heavy atom. The Labute approximate surface area is 125 Å². The number of hydrogen-bond donors (Lipinski definition) is 2. The normalized spacial score (nSPS) is 14.8. The van der Waals surface area contributed by atoms with E-state index in [0.29, 0.717) is 12.3 Å². The molecule has 1 atom stereocenters. The highest BCUT2D eigenvalue weighted by molar-refractivity contribution is 7.18. The summed E-state index contributed by atoms with van der Waals surface area (Å²) in [5.74, 6) is 0.643. The second-order valence-corrected chi connectivity index (χ2v) is 7.21. The molecule has 0 spiro atoms. The van der Waals surface area contributed by atoms with Gasteiger partial charge in [-0.05, 0) is 44.5 Å². The van der Waals surface area contributed by atoms with Crippen molar-refractivity contribution in [1.82, 2.24) is 10.3 Å². The zero-order chi connectivity index (χ0) is 14.6. The van der Waals surface area contributed by atoms with Crippen LogP contribution >= 0.6 is 11.3 Å². The smallest absolute Gasteiger partial charge is 0.0967 e. The Kier molecular flexibility index (Phi) is 5.13. The van der Waals surface area contributed by atoms with Gasteiger partial charge in [-0.3, -0.25) is 0 Å². The van der Waals surface area contributed by atoms with Crippen LogP contribution in [0.2, 0.25) is 0 Å². The van der Waals surface area contributed by atoms with Crippen molar-refractivity contribution in [2.75, 3.05) is 13.1 Å². The third-order valence-corrected chi connectivity index (χ3v) is 4.30. The van der Waals surface area contributed by atoms with Gasteiger partial charge in [0, 0.05) is 6.42 Å². The molecule has 4 heteroatoms. The largest absolute Gasteiger partial charge is 0.390 e. The number of aromatic nitrogens is 1. The number of fused-ring (bicyclic) bond motifs is 1. The summed E-state index contributed by atoms with van der Waals surface area (Å²) < 4.78 is 1.19. The Morgan fingerprint density at radius 3 is 2.80 bits per heavy atom. The van der Waals surface area contributed by atoms with E-state index in [9.17, 15) is 5.11 Å². The molecule has 2 rings (SSSR count). The predicted octanol–water partition coefficient (Wildman–Crippen LogP) is 3.23. The lowest BCUT2D eigenvalue weighted by Crippen LogP contribution is -2.33. The van der Waals surface area contributed by atoms with Crippen LogP contribution in [-0.2, 0) is 6.42 Å². The van der Waals surface area contributed by atoms with Crippen LogP contribution in [0.4, 0.5) is 0 Å². The molecule has 3 nitrogen and oxygen atoms in total. The topological polar surface area (TPSA) is 45.1 Å². The van der Waals surface area contributed by atoms with Gasteiger partial charge in [0.05, 0.1) is 20.8 Å². The van der Waals surface area contributed by atoms with E-state index in [-0.39, 0.29) is 0 Å². The van der Waals surface area contributed by atoms with Crippen molar-refractivity contribution in [2.24, 2.45) is 5.92 Å². The van der Waals surface area contributed by atoms with Gasteiger partial charge >= 0.3 is 0 Å². The van der Waals surface area contributed by atoms with Gasteiger partial charge in [-0.15, -0.1) is 11.3 Å². The van der Waals surface area contributed by atoms with E-state index >= 15 is 0 Å². The monoisotopic (exact) mass is 292 g/mol. The molecule has 2 aromatic rings. The highest BCUT2D eigenvalue weighted by Gasteiger charge is 2.22. The fourth-order valence-electron chi connectivity index (χ4n) is 2.16. The summed E-state index contributed by atoms with van der Waals surface area (Å²) in [6, 6.07) is 8.13. The molecular weight excluding hydrogens is 268 g/mol. The predicted molar refractivity (Wildman–Crippen MR) is 86.3 cm³/mol. The Bertz CT molecular complexity index is 515. The van der Waals surface area contributed by atoms with Crippen molar-refractivity contribution in [3.63, 3.8) is 0 Å². The van der Waals surface area contributed by atoms with Crippen molar-refractivity contribution < 1.29 is 5.11 Å². The van der Waals surface area contributed by atoms with Gasteiger partial charge < -0.3 is 10.4 Å². The first kappa shape index (κ1) is 15.4. The summed E-state index contributed by atoms with van der Waals surface area (Å²) in [6.07, 6.45) is 1.37. The summed E-state index contributed by atoms with van der Waals surface area (Å²) in [4.78, 5) is 4.59. The van der Waals surface area contributed by atoms with Crippen molar-refractivity contribution in [3.05, 3.63) is 29.3 Å². The number of rotatable bonds is 7. The summed E-state index contributed by atoms with van der Waals surface area (Å²) in [7, 11) is 0. The van der Waals surface area contributed by atoms with Crippen LogP contribution in [0.3, 0.4) is 0 Å². The van der Waals surface area contributed by atoms with Crippen molar-refractivity contribution in [2.45, 2.75) is 39.2 Å². The average Bonchev–Trinajstić information content (AvgIpc) is 2.75. The molecule has 1 aromatic heterocycles. The maximum absolute atomic E-state index is 10.5. The molecule has 0 saturated carbocycles. The number of aliphatic hydroxyl groups is 1. The van der Waals surface area contributed by atoms with Crippen molar-refractivity contribution >= 4 is 21.6 Å². The number of para-hydroxylation sites is 1. The van der Waals surface area contributed by atoms with E-state index in [2.05, 4.69) is 30.2 Å². The van der Waals surface area contributed by atoms with Crippen LogP contribution in [-0.4, -0.2) is 28.8 Å². The van der Waals surface area contributed by atoms with Crippen molar-refractivity contribution in [3.8, 4) is 0 Å². The Balaban J connectivity index is 1.90. The first-order valence-electron chi connectivity index (χ1n) is 7.24. The third-order valence-electron chi connectivity index (χ3n) is 3.26. The van der Waals surface area contributed by atoms with Gasteiger partial charge in [-0.25, -0.2) is 4.98 Å². The average molecular weight is 292 g/mol. The maximum atomic E-state index is 10.5. The van der Waals surface area contributed by atoms with Crippen LogP contribution in [0.5, 0.6) is 0 Å². The zero-order valence-electron chi connectivity index (χ0n) is 12.5. The SMILES string of the molecule is CC(C)CNCCC(C)(O)Cc1nc2ccccc2s1. The molecule has 0 radical (unpaired) electrons. The molecule has 1 aromatic carbocycles. The maximum Gasteiger partial charge on any atom is 0.0967 e. The molecule has 0 aliphatic rings. The summed E-state index contributed by atoms with van der Waals surface area (Å²) >= 11 is 1.68. The Hall–Kier alpha value is -0.970. The van der Waals surface area contributed by atoms with Gasteiger partial charge in [-0.2, -0.15) is 0 Å². The fraction of sp³-hybridized carbons (Fsp3) is 0.562. The van der Waals surface area contributed by atoms with Crippen LogP contribution < -0.4 is 5.32 Å². The highest BCUT2D eigenvalue weighted by atomic mass is 32.1. The highest BCUT2D eigenvalue weighted by Crippen LogP contribution is 2.25. The van der Waals surface area contributed by atoms with Gasteiger partial charge in [0.1, 0.15) is 0 Å². The van der Waals surface area contributed by atoms with Crippen LogP contribution in [0.15, 0.2) is 24.3 Å². The third kappa shape index (κ3) is 4.54. The molecule has 0 amide bonds. The van der Waals surface area contributed by atoms with E-state index in [1.54, 1.807) is 11.3 Å². The van der Waals surface area contributed by atoms with Crippen molar-refractivity contribution in [1.29, 1.82) is 0 Å². The molecule has 0 bridgehead atoms. The molecule has 110 valence electrons. The fourth-order valence-corrected chi connectivity index (χ4v) is 3.30. The Morgan fingerprint density at radius 1 is 1.35 bits per heavy atom. The molecule has 0 aliphatic heterocycles. The molecule has 1 heterocycles. The lowest BCUT2D eigenvalue weighted by Gasteiger charge is -2.22. The summed E-state index contributed by atoms with van der Waals surface area (Å²) in [6.45, 7) is 8.11. The molecule has 20 heavy (non-hydrogen) atoms. The van der Waals surface area contributed by atoms with Gasteiger partial charge in [-0.1, -0.05) is 26.0 Å². The quantitative estimate of drug-likeness (QED) is 0.770. The van der Waals surface area contributed by atoms with E-state index in [4.69, 9.17) is 0 Å². The number of thiazole rings is 1. The standard InChI is InChI=1S/C16H24N2OS/c1-12(2)11-17-9-8-16(3,19)10-15-18-13-6-4-5-7-14(13)20-15/h4-7,12,17,19H,8-11H2,1-3H3.